The van der Waals surface area contributed by atoms with Gasteiger partial charge in [0.05, 0.1) is 17.3 Å². The van der Waals surface area contributed by atoms with Crippen molar-refractivity contribution in [3.05, 3.63) is 88.2 Å². The molecule has 4 rings (SSSR count). The van der Waals surface area contributed by atoms with E-state index in [0.29, 0.717) is 40.8 Å². The van der Waals surface area contributed by atoms with Crippen molar-refractivity contribution >= 4 is 34.8 Å². The molecule has 1 amide bonds. The SMILES string of the molecule is CCCN1C(=O)/C(=C\c2cc(Cl)c(OCc3ccccc3F)c(OCC)c2)c2ccccc21. The minimum absolute atomic E-state index is 0.0186. The first-order valence-corrected chi connectivity index (χ1v) is 11.4. The van der Waals surface area contributed by atoms with Crippen molar-refractivity contribution in [2.24, 2.45) is 0 Å². The number of carbonyl (C=O) groups is 1. The molecular weight excluding hydrogens is 441 g/mol. The van der Waals surface area contributed by atoms with Crippen LogP contribution in [-0.4, -0.2) is 19.1 Å². The highest BCUT2D eigenvalue weighted by molar-refractivity contribution is 6.36. The lowest BCUT2D eigenvalue weighted by molar-refractivity contribution is -0.113. The molecule has 0 saturated heterocycles. The van der Waals surface area contributed by atoms with Crippen LogP contribution in [0.15, 0.2) is 60.7 Å². The molecule has 6 heteroatoms. The average Bonchev–Trinajstić information content (AvgIpc) is 3.06. The van der Waals surface area contributed by atoms with Crippen LogP contribution in [0.3, 0.4) is 0 Å². The summed E-state index contributed by atoms with van der Waals surface area (Å²) in [5.41, 5.74) is 3.56. The lowest BCUT2D eigenvalue weighted by Gasteiger charge is -2.16. The number of hydrogen-bond donors (Lipinski definition) is 0. The number of anilines is 1. The minimum atomic E-state index is -0.344. The molecule has 0 spiro atoms. The van der Waals surface area contributed by atoms with Gasteiger partial charge in [0, 0.05) is 23.2 Å². The van der Waals surface area contributed by atoms with Gasteiger partial charge in [-0.25, -0.2) is 4.39 Å². The van der Waals surface area contributed by atoms with Crippen LogP contribution in [0, 0.1) is 5.82 Å². The summed E-state index contributed by atoms with van der Waals surface area (Å²) in [6.07, 6.45) is 2.69. The van der Waals surface area contributed by atoms with E-state index in [1.54, 1.807) is 35.2 Å². The Hall–Kier alpha value is -3.31. The fourth-order valence-electron chi connectivity index (χ4n) is 3.90. The standard InChI is InChI=1S/C27H25ClFNO3/c1-3-13-30-24-12-8-6-10-20(24)21(27(30)31)14-18-15-22(28)26(25(16-18)32-4-2)33-17-19-9-5-7-11-23(19)29/h5-12,14-16H,3-4,13,17H2,1-2H3/b21-14-. The molecule has 3 aromatic carbocycles. The maximum Gasteiger partial charge on any atom is 0.258 e. The quantitative estimate of drug-likeness (QED) is 0.345. The summed E-state index contributed by atoms with van der Waals surface area (Å²) < 4.78 is 25.6. The van der Waals surface area contributed by atoms with Crippen LogP contribution < -0.4 is 14.4 Å². The maximum atomic E-state index is 14.0. The molecule has 0 aliphatic carbocycles. The monoisotopic (exact) mass is 465 g/mol. The van der Waals surface area contributed by atoms with Crippen molar-refractivity contribution in [3.8, 4) is 11.5 Å². The molecule has 170 valence electrons. The number of rotatable bonds is 8. The van der Waals surface area contributed by atoms with E-state index in [2.05, 4.69) is 0 Å². The molecule has 0 fully saturated rings. The van der Waals surface area contributed by atoms with Gasteiger partial charge >= 0.3 is 0 Å². The molecule has 0 unspecified atom stereocenters. The molecular formula is C27H25ClFNO3. The van der Waals surface area contributed by atoms with E-state index in [1.807, 2.05) is 44.2 Å². The predicted molar refractivity (Wildman–Crippen MR) is 130 cm³/mol. The van der Waals surface area contributed by atoms with Gasteiger partial charge in [-0.15, -0.1) is 0 Å². The highest BCUT2D eigenvalue weighted by Gasteiger charge is 2.31. The molecule has 4 nitrogen and oxygen atoms in total. The van der Waals surface area contributed by atoms with Crippen LogP contribution in [0.25, 0.3) is 11.6 Å². The molecule has 0 N–H and O–H groups in total. The smallest absolute Gasteiger partial charge is 0.258 e. The highest BCUT2D eigenvalue weighted by atomic mass is 35.5. The second-order valence-corrected chi connectivity index (χ2v) is 8.08. The zero-order valence-electron chi connectivity index (χ0n) is 18.6. The predicted octanol–water partition coefficient (Wildman–Crippen LogP) is 6.75. The number of benzene rings is 3. The summed E-state index contributed by atoms with van der Waals surface area (Å²) in [4.78, 5) is 14.9. The number of nitrogens with zero attached hydrogens (tertiary/aromatic N) is 1. The second kappa shape index (κ2) is 10.1. The molecule has 33 heavy (non-hydrogen) atoms. The molecule has 1 aliphatic rings. The van der Waals surface area contributed by atoms with Crippen LogP contribution in [0.5, 0.6) is 11.5 Å². The van der Waals surface area contributed by atoms with Crippen LogP contribution in [0.2, 0.25) is 5.02 Å². The van der Waals surface area contributed by atoms with Crippen molar-refractivity contribution in [1.29, 1.82) is 0 Å². The summed E-state index contributed by atoms with van der Waals surface area (Å²) in [6, 6.07) is 17.7. The number of para-hydroxylation sites is 1. The Morgan fingerprint density at radius 3 is 2.55 bits per heavy atom. The molecule has 3 aromatic rings. The fraction of sp³-hybridized carbons (Fsp3) is 0.222. The number of hydrogen-bond acceptors (Lipinski definition) is 3. The van der Waals surface area contributed by atoms with Gasteiger partial charge < -0.3 is 14.4 Å². The first kappa shape index (κ1) is 22.9. The summed E-state index contributed by atoms with van der Waals surface area (Å²) in [7, 11) is 0. The molecule has 0 radical (unpaired) electrons. The van der Waals surface area contributed by atoms with Crippen molar-refractivity contribution in [1.82, 2.24) is 0 Å². The van der Waals surface area contributed by atoms with E-state index in [1.165, 1.54) is 6.07 Å². The number of ether oxygens (including phenoxy) is 2. The van der Waals surface area contributed by atoms with Crippen LogP contribution >= 0.6 is 11.6 Å². The fourth-order valence-corrected chi connectivity index (χ4v) is 4.17. The summed E-state index contributed by atoms with van der Waals surface area (Å²) in [6.45, 7) is 4.98. The molecule has 0 saturated carbocycles. The van der Waals surface area contributed by atoms with Gasteiger partial charge in [0.25, 0.3) is 5.91 Å². The second-order valence-electron chi connectivity index (χ2n) is 7.68. The lowest BCUT2D eigenvalue weighted by Crippen LogP contribution is -2.26. The van der Waals surface area contributed by atoms with Gasteiger partial charge in [-0.05, 0) is 49.2 Å². The van der Waals surface area contributed by atoms with Crippen molar-refractivity contribution in [2.75, 3.05) is 18.1 Å². The number of fused-ring (bicyclic) bond motifs is 1. The first-order chi connectivity index (χ1) is 16.0. The van der Waals surface area contributed by atoms with E-state index in [-0.39, 0.29) is 18.3 Å². The van der Waals surface area contributed by atoms with E-state index in [4.69, 9.17) is 21.1 Å². The number of halogens is 2. The van der Waals surface area contributed by atoms with Gasteiger partial charge in [0.1, 0.15) is 12.4 Å². The maximum absolute atomic E-state index is 14.0. The summed E-state index contributed by atoms with van der Waals surface area (Å²) >= 11 is 6.55. The molecule has 0 aromatic heterocycles. The Morgan fingerprint density at radius 2 is 1.79 bits per heavy atom. The molecule has 0 bridgehead atoms. The Balaban J connectivity index is 1.69. The van der Waals surface area contributed by atoms with E-state index < -0.39 is 0 Å². The summed E-state index contributed by atoms with van der Waals surface area (Å²) in [5, 5.41) is 0.327. The van der Waals surface area contributed by atoms with E-state index in [9.17, 15) is 9.18 Å². The third-order valence-electron chi connectivity index (χ3n) is 5.38. The van der Waals surface area contributed by atoms with E-state index >= 15 is 0 Å². The van der Waals surface area contributed by atoms with Crippen molar-refractivity contribution in [2.45, 2.75) is 26.9 Å². The minimum Gasteiger partial charge on any atom is -0.490 e. The van der Waals surface area contributed by atoms with Crippen LogP contribution in [0.1, 0.15) is 37.0 Å². The van der Waals surface area contributed by atoms with Gasteiger partial charge in [0.2, 0.25) is 0 Å². The van der Waals surface area contributed by atoms with Gasteiger partial charge in [-0.1, -0.05) is 54.9 Å². The Bertz CT molecular complexity index is 1210. The normalized spacial score (nSPS) is 14.0. The largest absolute Gasteiger partial charge is 0.490 e. The van der Waals surface area contributed by atoms with Gasteiger partial charge in [-0.3, -0.25) is 4.79 Å². The highest BCUT2D eigenvalue weighted by Crippen LogP contribution is 2.41. The number of amides is 1. The molecule has 0 atom stereocenters. The Morgan fingerprint density at radius 1 is 1.03 bits per heavy atom. The topological polar surface area (TPSA) is 38.8 Å². The average molecular weight is 466 g/mol. The third kappa shape index (κ3) is 4.74. The molecule has 1 aliphatic heterocycles. The van der Waals surface area contributed by atoms with Gasteiger partial charge in [0.15, 0.2) is 11.5 Å². The van der Waals surface area contributed by atoms with Crippen molar-refractivity contribution < 1.29 is 18.7 Å². The Labute approximate surface area is 198 Å². The third-order valence-corrected chi connectivity index (χ3v) is 5.66. The summed E-state index contributed by atoms with van der Waals surface area (Å²) in [5.74, 6) is 0.405. The molecule has 1 heterocycles. The number of carbonyl (C=O) groups excluding carboxylic acids is 1. The van der Waals surface area contributed by atoms with Crippen LogP contribution in [0.4, 0.5) is 10.1 Å². The zero-order chi connectivity index (χ0) is 23.4. The van der Waals surface area contributed by atoms with E-state index in [0.717, 1.165) is 23.2 Å². The lowest BCUT2D eigenvalue weighted by atomic mass is 10.0. The van der Waals surface area contributed by atoms with Gasteiger partial charge in [-0.2, -0.15) is 0 Å². The first-order valence-electron chi connectivity index (χ1n) is 11.0. The van der Waals surface area contributed by atoms with Crippen LogP contribution in [-0.2, 0) is 11.4 Å². The zero-order valence-corrected chi connectivity index (χ0v) is 19.4. The van der Waals surface area contributed by atoms with Crippen molar-refractivity contribution in [3.63, 3.8) is 0 Å². The Kier molecular flexibility index (Phi) is 6.99.